The highest BCUT2D eigenvalue weighted by atomic mass is 127. The molecule has 1 aliphatic heterocycles. The van der Waals surface area contributed by atoms with Gasteiger partial charge in [0.2, 0.25) is 0 Å². The molecule has 1 aliphatic rings. The second kappa shape index (κ2) is 9.71. The molecule has 6 nitrogen and oxygen atoms in total. The molecule has 0 saturated heterocycles. The number of thiazole rings is 1. The molecule has 2 aromatic heterocycles. The molecule has 9 heteroatoms. The Hall–Kier alpha value is -1.98. The topological polar surface area (TPSA) is 73.8 Å². The summed E-state index contributed by atoms with van der Waals surface area (Å²) in [4.78, 5) is 31.6. The van der Waals surface area contributed by atoms with Gasteiger partial charge in [0.15, 0.2) is 8.57 Å². The van der Waals surface area contributed by atoms with Gasteiger partial charge in [-0.1, -0.05) is 49.4 Å². The lowest BCUT2D eigenvalue weighted by molar-refractivity contribution is -0.139. The van der Waals surface area contributed by atoms with Gasteiger partial charge in [-0.25, -0.2) is 9.79 Å². The van der Waals surface area contributed by atoms with Crippen molar-refractivity contribution in [2.45, 2.75) is 39.7 Å². The summed E-state index contributed by atoms with van der Waals surface area (Å²) in [5.74, 6) is 0.476. The molecule has 0 spiro atoms. The van der Waals surface area contributed by atoms with Crippen LogP contribution in [0.4, 0.5) is 0 Å². The Morgan fingerprint density at radius 2 is 2.06 bits per heavy atom. The van der Waals surface area contributed by atoms with Gasteiger partial charge in [0.25, 0.3) is 5.56 Å². The van der Waals surface area contributed by atoms with Crippen molar-refractivity contribution >= 4 is 61.9 Å². The summed E-state index contributed by atoms with van der Waals surface area (Å²) in [6.45, 7) is 8.04. The van der Waals surface area contributed by atoms with Gasteiger partial charge in [-0.3, -0.25) is 9.36 Å². The van der Waals surface area contributed by atoms with E-state index in [0.717, 1.165) is 10.0 Å². The number of hydrogen-bond donors (Lipinski definition) is 0. The molecule has 0 bridgehead atoms. The fraction of sp³-hybridized carbons (Fsp3) is 0.292. The average molecular weight is 641 g/mol. The number of furan rings is 1. The van der Waals surface area contributed by atoms with Crippen molar-refractivity contribution in [3.05, 3.63) is 86.4 Å². The summed E-state index contributed by atoms with van der Waals surface area (Å²) in [6.07, 6.45) is 1.71. The predicted molar refractivity (Wildman–Crippen MR) is 140 cm³/mol. The fourth-order valence-electron chi connectivity index (χ4n) is 3.73. The number of allylic oxidation sites excluding steroid dienone is 1. The molecule has 172 valence electrons. The van der Waals surface area contributed by atoms with Crippen molar-refractivity contribution in [2.24, 2.45) is 4.99 Å². The Kier molecular flexibility index (Phi) is 7.11. The van der Waals surface area contributed by atoms with Crippen molar-refractivity contribution in [1.82, 2.24) is 4.57 Å². The molecule has 4 rings (SSSR count). The van der Waals surface area contributed by atoms with Crippen LogP contribution >= 0.6 is 49.9 Å². The first kappa shape index (κ1) is 24.2. The van der Waals surface area contributed by atoms with E-state index < -0.39 is 12.0 Å². The third-order valence-electron chi connectivity index (χ3n) is 5.37. The zero-order valence-electron chi connectivity index (χ0n) is 18.5. The van der Waals surface area contributed by atoms with Gasteiger partial charge in [-0.05, 0) is 52.9 Å². The normalized spacial score (nSPS) is 16.2. The number of esters is 1. The summed E-state index contributed by atoms with van der Waals surface area (Å²) in [7, 11) is 0. The standard InChI is InChI=1S/C24H22BrIN2O4S/c1-5-31-23(30)19-13(4)27-24-28(20(19)15-8-6-14(7-9-15)12(2)3)22(29)18(33-24)11-16-10-17(25)21(26)32-16/h6-12,20H,5H2,1-4H3/b18-11+/t20-/m1/s1. The number of carbonyl (C=O) groups is 1. The summed E-state index contributed by atoms with van der Waals surface area (Å²) in [5.41, 5.74) is 2.72. The highest BCUT2D eigenvalue weighted by Gasteiger charge is 2.33. The maximum Gasteiger partial charge on any atom is 0.338 e. The summed E-state index contributed by atoms with van der Waals surface area (Å²) >= 11 is 6.78. The lowest BCUT2D eigenvalue weighted by atomic mass is 9.93. The molecule has 0 saturated carbocycles. The van der Waals surface area contributed by atoms with E-state index in [0.29, 0.717) is 36.0 Å². The Balaban J connectivity index is 1.93. The van der Waals surface area contributed by atoms with Crippen LogP contribution in [-0.2, 0) is 9.53 Å². The Morgan fingerprint density at radius 3 is 2.64 bits per heavy atom. The first-order valence-electron chi connectivity index (χ1n) is 10.5. The number of ether oxygens (including phenoxy) is 1. The van der Waals surface area contributed by atoms with E-state index in [1.165, 1.54) is 16.9 Å². The monoisotopic (exact) mass is 640 g/mol. The van der Waals surface area contributed by atoms with Crippen LogP contribution in [0.3, 0.4) is 0 Å². The van der Waals surface area contributed by atoms with Crippen LogP contribution in [-0.4, -0.2) is 17.1 Å². The quantitative estimate of drug-likeness (QED) is 0.294. The number of carbonyl (C=O) groups excluding carboxylic acids is 1. The molecule has 0 radical (unpaired) electrons. The number of aromatic nitrogens is 1. The minimum atomic E-state index is -0.618. The molecule has 0 amide bonds. The van der Waals surface area contributed by atoms with Gasteiger partial charge in [-0.2, -0.15) is 0 Å². The molecular weight excluding hydrogens is 619 g/mol. The minimum absolute atomic E-state index is 0.228. The molecule has 3 aromatic rings. The van der Waals surface area contributed by atoms with E-state index in [4.69, 9.17) is 9.15 Å². The van der Waals surface area contributed by atoms with E-state index in [1.807, 2.05) is 30.3 Å². The van der Waals surface area contributed by atoms with Gasteiger partial charge < -0.3 is 9.15 Å². The van der Waals surface area contributed by atoms with Crippen LogP contribution < -0.4 is 14.9 Å². The zero-order chi connectivity index (χ0) is 23.9. The zero-order valence-corrected chi connectivity index (χ0v) is 23.1. The number of hydrogen-bond acceptors (Lipinski definition) is 6. The summed E-state index contributed by atoms with van der Waals surface area (Å²) in [5, 5.41) is 0. The third-order valence-corrected chi connectivity index (χ3v) is 8.49. The summed E-state index contributed by atoms with van der Waals surface area (Å²) < 4.78 is 14.6. The average Bonchev–Trinajstić information content (AvgIpc) is 3.25. The number of rotatable bonds is 5. The lowest BCUT2D eigenvalue weighted by Crippen LogP contribution is -2.39. The second-order valence-electron chi connectivity index (χ2n) is 7.89. The smallest absolute Gasteiger partial charge is 0.338 e. The van der Waals surface area contributed by atoms with Gasteiger partial charge in [0.1, 0.15) is 5.76 Å². The first-order valence-corrected chi connectivity index (χ1v) is 13.1. The van der Waals surface area contributed by atoms with Gasteiger partial charge in [-0.15, -0.1) is 0 Å². The number of fused-ring (bicyclic) bond motifs is 1. The summed E-state index contributed by atoms with van der Waals surface area (Å²) in [6, 6.07) is 9.22. The van der Waals surface area contributed by atoms with Crippen LogP contribution in [0.15, 0.2) is 60.3 Å². The van der Waals surface area contributed by atoms with Crippen molar-refractivity contribution in [3.8, 4) is 0 Å². The van der Waals surface area contributed by atoms with Crippen molar-refractivity contribution in [2.75, 3.05) is 6.61 Å². The number of benzene rings is 1. The Labute approximate surface area is 217 Å². The van der Waals surface area contributed by atoms with Crippen LogP contribution in [0.25, 0.3) is 6.08 Å². The molecule has 1 atom stereocenters. The van der Waals surface area contributed by atoms with E-state index in [-0.39, 0.29) is 12.2 Å². The largest absolute Gasteiger partial charge is 0.463 e. The highest BCUT2D eigenvalue weighted by molar-refractivity contribution is 14.1. The minimum Gasteiger partial charge on any atom is -0.463 e. The highest BCUT2D eigenvalue weighted by Crippen LogP contribution is 2.31. The van der Waals surface area contributed by atoms with E-state index in [1.54, 1.807) is 24.5 Å². The molecule has 0 fully saturated rings. The van der Waals surface area contributed by atoms with Crippen LogP contribution in [0, 0.1) is 3.77 Å². The van der Waals surface area contributed by atoms with E-state index in [9.17, 15) is 9.59 Å². The van der Waals surface area contributed by atoms with E-state index >= 15 is 0 Å². The third kappa shape index (κ3) is 4.67. The number of nitrogens with zero attached hydrogens (tertiary/aromatic N) is 2. The lowest BCUT2D eigenvalue weighted by Gasteiger charge is -2.25. The Morgan fingerprint density at radius 1 is 1.36 bits per heavy atom. The fourth-order valence-corrected chi connectivity index (χ4v) is 5.48. The molecule has 33 heavy (non-hydrogen) atoms. The van der Waals surface area contributed by atoms with Crippen LogP contribution in [0.5, 0.6) is 0 Å². The maximum absolute atomic E-state index is 13.6. The van der Waals surface area contributed by atoms with Crippen LogP contribution in [0.2, 0.25) is 0 Å². The SMILES string of the molecule is CCOC(=O)C1=C(C)N=c2s/c(=C/c3cc(Br)c(I)o3)c(=O)n2[C@@H]1c1ccc(C(C)C)cc1. The molecule has 3 heterocycles. The molecule has 0 aliphatic carbocycles. The molecule has 0 N–H and O–H groups in total. The Bertz CT molecular complexity index is 1410. The van der Waals surface area contributed by atoms with Gasteiger partial charge >= 0.3 is 5.97 Å². The second-order valence-corrected chi connectivity index (χ2v) is 10.7. The van der Waals surface area contributed by atoms with Crippen molar-refractivity contribution in [1.29, 1.82) is 0 Å². The maximum atomic E-state index is 13.6. The molecule has 1 aromatic carbocycles. The first-order chi connectivity index (χ1) is 15.7. The molecular formula is C24H22BrIN2O4S. The molecule has 0 unspecified atom stereocenters. The van der Waals surface area contributed by atoms with Crippen molar-refractivity contribution < 1.29 is 13.9 Å². The van der Waals surface area contributed by atoms with Gasteiger partial charge in [0.05, 0.1) is 32.9 Å². The predicted octanol–water partition coefficient (Wildman–Crippen LogP) is 4.88. The van der Waals surface area contributed by atoms with E-state index in [2.05, 4.69) is 57.4 Å². The number of halogens is 2. The van der Waals surface area contributed by atoms with Crippen LogP contribution in [0.1, 0.15) is 56.5 Å². The van der Waals surface area contributed by atoms with Gasteiger partial charge in [0, 0.05) is 28.7 Å². The van der Waals surface area contributed by atoms with Crippen molar-refractivity contribution in [3.63, 3.8) is 0 Å².